The Morgan fingerprint density at radius 1 is 1.50 bits per heavy atom. The number of thiocarbonyl (C=S) groups is 1. The highest BCUT2D eigenvalue weighted by molar-refractivity contribution is 7.78. The van der Waals surface area contributed by atoms with Gasteiger partial charge in [-0.1, -0.05) is 0 Å². The van der Waals surface area contributed by atoms with Gasteiger partial charge < -0.3 is 4.74 Å². The summed E-state index contributed by atoms with van der Waals surface area (Å²) in [5, 5.41) is 6.73. The molecule has 1 saturated heterocycles. The predicted octanol–water partition coefficient (Wildman–Crippen LogP) is 1.82. The molecule has 18 heavy (non-hydrogen) atoms. The Hall–Kier alpha value is -1.36. The molecule has 1 aliphatic carbocycles. The molecular formula is C12H13N3O2S. The first-order valence-corrected chi connectivity index (χ1v) is 6.50. The molecular weight excluding hydrogens is 250 g/mol. The average molecular weight is 263 g/mol. The van der Waals surface area contributed by atoms with E-state index >= 15 is 0 Å². The maximum absolute atomic E-state index is 12.2. The lowest BCUT2D eigenvalue weighted by molar-refractivity contribution is 0.183. The minimum absolute atomic E-state index is 0.0234. The van der Waals surface area contributed by atoms with E-state index in [0.717, 1.165) is 25.0 Å². The van der Waals surface area contributed by atoms with Crippen LogP contribution in [0.2, 0.25) is 0 Å². The van der Waals surface area contributed by atoms with Gasteiger partial charge in [-0.05, 0) is 37.5 Å². The second kappa shape index (κ2) is 4.72. The number of ether oxygens (including phenoxy) is 1. The summed E-state index contributed by atoms with van der Waals surface area (Å²) >= 11 is 4.59. The minimum Gasteiger partial charge on any atom is -0.379 e. The van der Waals surface area contributed by atoms with Crippen molar-refractivity contribution in [2.75, 3.05) is 13.2 Å². The zero-order chi connectivity index (χ0) is 12.5. The summed E-state index contributed by atoms with van der Waals surface area (Å²) in [7, 11) is 0. The summed E-state index contributed by atoms with van der Waals surface area (Å²) in [6, 6.07) is 1.77. The number of nitrogens with zero attached hydrogens (tertiary/aromatic N) is 3. The number of rotatable bonds is 3. The summed E-state index contributed by atoms with van der Waals surface area (Å²) in [5.41, 5.74) is 1.08. The van der Waals surface area contributed by atoms with Gasteiger partial charge in [0.2, 0.25) is 0 Å². The zero-order valence-electron chi connectivity index (χ0n) is 9.83. The third kappa shape index (κ3) is 2.14. The average Bonchev–Trinajstić information content (AvgIpc) is 3.08. The van der Waals surface area contributed by atoms with Crippen LogP contribution >= 0.6 is 12.2 Å². The first kappa shape index (κ1) is 11.7. The Bertz CT molecular complexity index is 567. The van der Waals surface area contributed by atoms with Crippen LogP contribution in [0.4, 0.5) is 5.69 Å². The minimum atomic E-state index is -0.202. The van der Waals surface area contributed by atoms with Gasteiger partial charge in [-0.25, -0.2) is 4.68 Å². The normalized spacial score (nSPS) is 22.8. The summed E-state index contributed by atoms with van der Waals surface area (Å²) in [4.78, 5) is 16.1. The van der Waals surface area contributed by atoms with Gasteiger partial charge in [-0.3, -0.25) is 4.79 Å². The van der Waals surface area contributed by atoms with Crippen LogP contribution in [0.5, 0.6) is 0 Å². The van der Waals surface area contributed by atoms with Gasteiger partial charge in [0.05, 0.1) is 23.5 Å². The molecule has 1 aromatic heterocycles. The van der Waals surface area contributed by atoms with E-state index in [1.165, 1.54) is 4.68 Å². The molecule has 3 rings (SSSR count). The molecule has 5 nitrogen and oxygen atoms in total. The van der Waals surface area contributed by atoms with Crippen molar-refractivity contribution in [1.82, 2.24) is 9.78 Å². The number of aromatic nitrogens is 2. The standard InChI is InChI=1S/C12H13N3O2S/c16-12-11(13-7-18)5-10(8-1-2-8)14-15(12)9-3-4-17-6-9/h5,8-9H,1-4,6H2/t9-/m1/s1. The third-order valence-electron chi connectivity index (χ3n) is 3.35. The topological polar surface area (TPSA) is 56.5 Å². The molecule has 2 heterocycles. The van der Waals surface area contributed by atoms with Crippen LogP contribution in [-0.4, -0.2) is 28.2 Å². The van der Waals surface area contributed by atoms with E-state index in [1.807, 2.05) is 0 Å². The highest BCUT2D eigenvalue weighted by Crippen LogP contribution is 2.39. The molecule has 94 valence electrons. The SMILES string of the molecule is O=c1c(N=C=S)cc(C2CC2)nn1[C@@H]1CCOC1. The molecule has 0 bridgehead atoms. The molecule has 0 N–H and O–H groups in total. The van der Waals surface area contributed by atoms with Gasteiger partial charge in [0, 0.05) is 12.5 Å². The van der Waals surface area contributed by atoms with Gasteiger partial charge in [0.25, 0.3) is 5.56 Å². The fourth-order valence-corrected chi connectivity index (χ4v) is 2.29. The van der Waals surface area contributed by atoms with E-state index in [2.05, 4.69) is 27.5 Å². The predicted molar refractivity (Wildman–Crippen MR) is 69.6 cm³/mol. The number of hydrogen-bond acceptors (Lipinski definition) is 5. The lowest BCUT2D eigenvalue weighted by atomic mass is 10.2. The van der Waals surface area contributed by atoms with Crippen LogP contribution in [0.1, 0.15) is 36.9 Å². The van der Waals surface area contributed by atoms with Gasteiger partial charge >= 0.3 is 0 Å². The highest BCUT2D eigenvalue weighted by atomic mass is 32.1. The van der Waals surface area contributed by atoms with Crippen LogP contribution in [0.3, 0.4) is 0 Å². The Balaban J connectivity index is 2.09. The third-order valence-corrected chi connectivity index (χ3v) is 3.44. The Morgan fingerprint density at radius 3 is 2.94 bits per heavy atom. The van der Waals surface area contributed by atoms with Crippen molar-refractivity contribution in [3.8, 4) is 0 Å². The van der Waals surface area contributed by atoms with Crippen molar-refractivity contribution in [2.45, 2.75) is 31.2 Å². The fourth-order valence-electron chi connectivity index (χ4n) is 2.19. The Kier molecular flexibility index (Phi) is 3.07. The lowest BCUT2D eigenvalue weighted by Crippen LogP contribution is -2.28. The Labute approximate surface area is 109 Å². The van der Waals surface area contributed by atoms with Crippen LogP contribution in [-0.2, 0) is 4.74 Å². The van der Waals surface area contributed by atoms with Gasteiger partial charge in [0.1, 0.15) is 5.69 Å². The van der Waals surface area contributed by atoms with E-state index in [0.29, 0.717) is 24.8 Å². The molecule has 2 fully saturated rings. The van der Waals surface area contributed by atoms with Crippen molar-refractivity contribution in [2.24, 2.45) is 4.99 Å². The summed E-state index contributed by atoms with van der Waals surface area (Å²) in [6.45, 7) is 1.22. The molecule has 0 aromatic carbocycles. The lowest BCUT2D eigenvalue weighted by Gasteiger charge is -2.12. The first-order chi connectivity index (χ1) is 8.79. The number of hydrogen-bond donors (Lipinski definition) is 0. The van der Waals surface area contributed by atoms with E-state index < -0.39 is 0 Å². The molecule has 0 radical (unpaired) electrons. The van der Waals surface area contributed by atoms with Crippen molar-refractivity contribution >= 4 is 23.1 Å². The number of aliphatic imine (C=N–C) groups is 1. The largest absolute Gasteiger partial charge is 0.379 e. The molecule has 0 unspecified atom stereocenters. The fraction of sp³-hybridized carbons (Fsp3) is 0.583. The van der Waals surface area contributed by atoms with Gasteiger partial charge in [-0.15, -0.1) is 0 Å². The molecule has 1 atom stereocenters. The Morgan fingerprint density at radius 2 is 2.33 bits per heavy atom. The van der Waals surface area contributed by atoms with Crippen LogP contribution in [0, 0.1) is 0 Å². The summed E-state index contributed by atoms with van der Waals surface area (Å²) in [5.74, 6) is 0.471. The van der Waals surface area contributed by atoms with Crippen LogP contribution in [0.15, 0.2) is 15.9 Å². The molecule has 1 aromatic rings. The second-order valence-electron chi connectivity index (χ2n) is 4.70. The van der Waals surface area contributed by atoms with Crippen molar-refractivity contribution in [3.63, 3.8) is 0 Å². The van der Waals surface area contributed by atoms with E-state index in [4.69, 9.17) is 4.74 Å². The smallest absolute Gasteiger partial charge is 0.293 e. The second-order valence-corrected chi connectivity index (χ2v) is 4.88. The quantitative estimate of drug-likeness (QED) is 0.616. The molecule has 0 spiro atoms. The maximum Gasteiger partial charge on any atom is 0.293 e. The highest BCUT2D eigenvalue weighted by Gasteiger charge is 2.29. The maximum atomic E-state index is 12.2. The van der Waals surface area contributed by atoms with Crippen LogP contribution in [0.25, 0.3) is 0 Å². The van der Waals surface area contributed by atoms with Gasteiger partial charge in [-0.2, -0.15) is 10.1 Å². The van der Waals surface area contributed by atoms with Crippen molar-refractivity contribution in [1.29, 1.82) is 0 Å². The molecule has 2 aliphatic rings. The molecule has 1 aliphatic heterocycles. The molecule has 6 heteroatoms. The summed E-state index contributed by atoms with van der Waals surface area (Å²) in [6.07, 6.45) is 3.09. The zero-order valence-corrected chi connectivity index (χ0v) is 10.7. The number of isothiocyanates is 1. The van der Waals surface area contributed by atoms with E-state index in [1.54, 1.807) is 6.07 Å². The summed E-state index contributed by atoms with van der Waals surface area (Å²) < 4.78 is 6.84. The van der Waals surface area contributed by atoms with Crippen molar-refractivity contribution in [3.05, 3.63) is 22.1 Å². The van der Waals surface area contributed by atoms with Crippen LogP contribution < -0.4 is 5.56 Å². The van der Waals surface area contributed by atoms with E-state index in [-0.39, 0.29) is 11.6 Å². The molecule has 1 saturated carbocycles. The molecule has 0 amide bonds. The van der Waals surface area contributed by atoms with E-state index in [9.17, 15) is 4.79 Å². The monoisotopic (exact) mass is 263 g/mol. The first-order valence-electron chi connectivity index (χ1n) is 6.09. The van der Waals surface area contributed by atoms with Crippen molar-refractivity contribution < 1.29 is 4.74 Å². The van der Waals surface area contributed by atoms with Gasteiger partial charge in [0.15, 0.2) is 0 Å².